The van der Waals surface area contributed by atoms with Crippen LogP contribution in [0.1, 0.15) is 30.9 Å². The van der Waals surface area contributed by atoms with Crippen molar-refractivity contribution in [3.05, 3.63) is 53.6 Å². The number of carbonyl (C=O) groups excluding carboxylic acids is 1. The van der Waals surface area contributed by atoms with Gasteiger partial charge in [-0.15, -0.1) is 24.0 Å². The Hall–Kier alpha value is -2.53. The minimum Gasteiger partial charge on any atom is -0.454 e. The van der Waals surface area contributed by atoms with Crippen molar-refractivity contribution >= 4 is 41.5 Å². The summed E-state index contributed by atoms with van der Waals surface area (Å²) in [5, 5.41) is 9.59. The smallest absolute Gasteiger partial charge is 0.253 e. The standard InChI is InChI=1S/C24H30N4O4.HI/c1-2-25-24(26-11-10-17-8-9-20-22(14-17)32-16-31-20)27-15-18-5-3-6-19(13-18)28-23(29)21-7-4-12-30-21;/h3,5-6,8-9,13-14,21H,2,4,7,10-12,15-16H2,1H3,(H,28,29)(H2,25,26,27);1H. The topological polar surface area (TPSA) is 93.2 Å². The van der Waals surface area contributed by atoms with E-state index in [0.29, 0.717) is 13.2 Å². The fourth-order valence-corrected chi connectivity index (χ4v) is 3.69. The van der Waals surface area contributed by atoms with Crippen molar-refractivity contribution in [2.24, 2.45) is 4.99 Å². The van der Waals surface area contributed by atoms with Crippen LogP contribution in [-0.2, 0) is 22.5 Å². The van der Waals surface area contributed by atoms with Gasteiger partial charge in [0.05, 0.1) is 6.54 Å². The van der Waals surface area contributed by atoms with Crippen molar-refractivity contribution in [1.29, 1.82) is 0 Å². The lowest BCUT2D eigenvalue weighted by Gasteiger charge is -2.13. The molecule has 2 heterocycles. The van der Waals surface area contributed by atoms with E-state index in [2.05, 4.69) is 27.0 Å². The zero-order valence-electron chi connectivity index (χ0n) is 18.8. The highest BCUT2D eigenvalue weighted by Gasteiger charge is 2.23. The first-order valence-electron chi connectivity index (χ1n) is 11.1. The molecule has 4 rings (SSSR count). The third-order valence-corrected chi connectivity index (χ3v) is 5.32. The second-order valence-electron chi connectivity index (χ2n) is 7.75. The lowest BCUT2D eigenvalue weighted by atomic mass is 10.1. The van der Waals surface area contributed by atoms with E-state index in [-0.39, 0.29) is 42.8 Å². The highest BCUT2D eigenvalue weighted by Crippen LogP contribution is 2.32. The van der Waals surface area contributed by atoms with Crippen LogP contribution < -0.4 is 25.4 Å². The second kappa shape index (κ2) is 12.6. The van der Waals surface area contributed by atoms with Crippen LogP contribution in [0, 0.1) is 0 Å². The molecule has 2 aromatic rings. The summed E-state index contributed by atoms with van der Waals surface area (Å²) in [5.74, 6) is 2.27. The number of aliphatic imine (C=N–C) groups is 1. The summed E-state index contributed by atoms with van der Waals surface area (Å²) in [6.45, 7) is 4.99. The Balaban J connectivity index is 0.00000306. The molecule has 0 aliphatic carbocycles. The average Bonchev–Trinajstić information content (AvgIpc) is 3.49. The van der Waals surface area contributed by atoms with Crippen molar-refractivity contribution in [3.63, 3.8) is 0 Å². The molecular weight excluding hydrogens is 535 g/mol. The quantitative estimate of drug-likeness (QED) is 0.258. The van der Waals surface area contributed by atoms with Crippen LogP contribution in [-0.4, -0.2) is 44.5 Å². The molecule has 1 fully saturated rings. The maximum Gasteiger partial charge on any atom is 0.253 e. The number of amides is 1. The number of fused-ring (bicyclic) bond motifs is 1. The van der Waals surface area contributed by atoms with Gasteiger partial charge < -0.3 is 30.2 Å². The third kappa shape index (κ3) is 7.23. The van der Waals surface area contributed by atoms with E-state index in [1.54, 1.807) is 0 Å². The Labute approximate surface area is 211 Å². The van der Waals surface area contributed by atoms with Gasteiger partial charge in [-0.05, 0) is 61.6 Å². The zero-order chi connectivity index (χ0) is 22.2. The summed E-state index contributed by atoms with van der Waals surface area (Å²) >= 11 is 0. The molecule has 0 bridgehead atoms. The molecule has 0 saturated carbocycles. The Kier molecular flexibility index (Phi) is 9.61. The second-order valence-corrected chi connectivity index (χ2v) is 7.75. The van der Waals surface area contributed by atoms with E-state index in [9.17, 15) is 4.79 Å². The Bertz CT molecular complexity index is 963. The van der Waals surface area contributed by atoms with Crippen LogP contribution in [0.25, 0.3) is 0 Å². The van der Waals surface area contributed by atoms with Gasteiger partial charge in [0.1, 0.15) is 6.10 Å². The third-order valence-electron chi connectivity index (χ3n) is 5.32. The molecule has 1 saturated heterocycles. The van der Waals surface area contributed by atoms with Gasteiger partial charge >= 0.3 is 0 Å². The molecule has 8 nitrogen and oxygen atoms in total. The predicted octanol–water partition coefficient (Wildman–Crippen LogP) is 3.45. The average molecular weight is 566 g/mol. The molecule has 1 amide bonds. The van der Waals surface area contributed by atoms with Crippen LogP contribution in [0.4, 0.5) is 5.69 Å². The minimum absolute atomic E-state index is 0. The Morgan fingerprint density at radius 2 is 1.97 bits per heavy atom. The first-order chi connectivity index (χ1) is 15.7. The van der Waals surface area contributed by atoms with Crippen molar-refractivity contribution in [3.8, 4) is 11.5 Å². The van der Waals surface area contributed by atoms with Gasteiger partial charge in [0.15, 0.2) is 17.5 Å². The number of hydrogen-bond donors (Lipinski definition) is 3. The van der Waals surface area contributed by atoms with E-state index in [1.165, 1.54) is 5.56 Å². The largest absolute Gasteiger partial charge is 0.454 e. The number of ether oxygens (including phenoxy) is 3. The van der Waals surface area contributed by atoms with Gasteiger partial charge in [-0.2, -0.15) is 0 Å². The molecule has 2 aliphatic rings. The van der Waals surface area contributed by atoms with Crippen molar-refractivity contribution in [2.45, 2.75) is 38.8 Å². The highest BCUT2D eigenvalue weighted by molar-refractivity contribution is 14.0. The molecule has 0 spiro atoms. The fraction of sp³-hybridized carbons (Fsp3) is 0.417. The first kappa shape index (κ1) is 25.1. The van der Waals surface area contributed by atoms with Crippen molar-refractivity contribution in [1.82, 2.24) is 10.6 Å². The maximum atomic E-state index is 12.3. The number of rotatable bonds is 8. The van der Waals surface area contributed by atoms with E-state index >= 15 is 0 Å². The summed E-state index contributed by atoms with van der Waals surface area (Å²) in [5.41, 5.74) is 2.95. The van der Waals surface area contributed by atoms with Crippen LogP contribution in [0.5, 0.6) is 11.5 Å². The zero-order valence-corrected chi connectivity index (χ0v) is 21.1. The van der Waals surface area contributed by atoms with Crippen LogP contribution in [0.3, 0.4) is 0 Å². The van der Waals surface area contributed by atoms with Gasteiger partial charge in [-0.25, -0.2) is 4.99 Å². The number of nitrogens with zero attached hydrogens (tertiary/aromatic N) is 1. The molecule has 178 valence electrons. The molecule has 1 unspecified atom stereocenters. The first-order valence-corrected chi connectivity index (χ1v) is 11.1. The van der Waals surface area contributed by atoms with Crippen LogP contribution >= 0.6 is 24.0 Å². The summed E-state index contributed by atoms with van der Waals surface area (Å²) in [7, 11) is 0. The number of nitrogens with one attached hydrogen (secondary N) is 3. The van der Waals surface area contributed by atoms with Gasteiger partial charge in [-0.1, -0.05) is 18.2 Å². The van der Waals surface area contributed by atoms with E-state index < -0.39 is 0 Å². The number of anilines is 1. The molecule has 0 radical (unpaired) electrons. The van der Waals surface area contributed by atoms with Crippen LogP contribution in [0.15, 0.2) is 47.5 Å². The summed E-state index contributed by atoms with van der Waals surface area (Å²) < 4.78 is 16.3. The van der Waals surface area contributed by atoms with E-state index in [4.69, 9.17) is 14.2 Å². The molecule has 0 aromatic heterocycles. The monoisotopic (exact) mass is 566 g/mol. The normalized spacial score (nSPS) is 16.8. The molecule has 9 heteroatoms. The van der Waals surface area contributed by atoms with E-state index in [1.807, 2.05) is 43.3 Å². The number of benzene rings is 2. The Morgan fingerprint density at radius 3 is 2.79 bits per heavy atom. The van der Waals surface area contributed by atoms with Gasteiger partial charge in [0.25, 0.3) is 5.91 Å². The van der Waals surface area contributed by atoms with Gasteiger partial charge in [-0.3, -0.25) is 4.79 Å². The SMILES string of the molecule is CCNC(=NCc1cccc(NC(=O)C2CCCO2)c1)NCCc1ccc2c(c1)OCO2.I. The molecule has 2 aromatic carbocycles. The molecule has 33 heavy (non-hydrogen) atoms. The fourth-order valence-electron chi connectivity index (χ4n) is 3.69. The predicted molar refractivity (Wildman–Crippen MR) is 139 cm³/mol. The number of hydrogen-bond acceptors (Lipinski definition) is 5. The maximum absolute atomic E-state index is 12.3. The number of halogens is 1. The highest BCUT2D eigenvalue weighted by atomic mass is 127. The minimum atomic E-state index is -0.342. The summed E-state index contributed by atoms with van der Waals surface area (Å²) in [6, 6.07) is 13.8. The van der Waals surface area contributed by atoms with Crippen molar-refractivity contribution in [2.75, 3.05) is 31.8 Å². The molecule has 2 aliphatic heterocycles. The van der Waals surface area contributed by atoms with Crippen molar-refractivity contribution < 1.29 is 19.0 Å². The van der Waals surface area contributed by atoms with E-state index in [0.717, 1.165) is 61.1 Å². The molecule has 1 atom stereocenters. The number of guanidine groups is 1. The van der Waals surface area contributed by atoms with Crippen LogP contribution in [0.2, 0.25) is 0 Å². The summed E-state index contributed by atoms with van der Waals surface area (Å²) in [4.78, 5) is 17.0. The lowest BCUT2D eigenvalue weighted by molar-refractivity contribution is -0.124. The van der Waals surface area contributed by atoms with Gasteiger partial charge in [0, 0.05) is 25.4 Å². The van der Waals surface area contributed by atoms with Gasteiger partial charge in [0.2, 0.25) is 6.79 Å². The Morgan fingerprint density at radius 1 is 1.09 bits per heavy atom. The lowest BCUT2D eigenvalue weighted by Crippen LogP contribution is -2.38. The molecule has 3 N–H and O–H groups in total. The number of carbonyl (C=O) groups is 1. The molecular formula is C24H31IN4O4. The summed E-state index contributed by atoms with van der Waals surface area (Å²) in [6.07, 6.45) is 2.21.